The van der Waals surface area contributed by atoms with Crippen molar-refractivity contribution >= 4 is 15.5 Å². The Bertz CT molecular complexity index is 886. The van der Waals surface area contributed by atoms with Crippen molar-refractivity contribution < 1.29 is 13.2 Å². The number of ether oxygens (including phenoxy) is 1. The van der Waals surface area contributed by atoms with Crippen LogP contribution in [0, 0.1) is 0 Å². The number of sulfonamides is 1. The topological polar surface area (TPSA) is 72.7 Å². The van der Waals surface area contributed by atoms with Gasteiger partial charge in [0, 0.05) is 6.20 Å². The van der Waals surface area contributed by atoms with Gasteiger partial charge in [-0.2, -0.15) is 5.10 Å². The van der Waals surface area contributed by atoms with Crippen LogP contribution >= 0.6 is 0 Å². The molecular formula is C16H17N3O3S. The van der Waals surface area contributed by atoms with Gasteiger partial charge >= 0.3 is 0 Å². The molecule has 0 bridgehead atoms. The van der Waals surface area contributed by atoms with E-state index in [0.29, 0.717) is 18.1 Å². The van der Waals surface area contributed by atoms with E-state index in [1.54, 1.807) is 22.7 Å². The van der Waals surface area contributed by atoms with Crippen molar-refractivity contribution in [2.75, 3.05) is 6.61 Å². The molecule has 0 saturated heterocycles. The maximum atomic E-state index is 12.5. The highest BCUT2D eigenvalue weighted by Crippen LogP contribution is 2.23. The molecule has 1 N–H and O–H groups in total. The van der Waals surface area contributed by atoms with Gasteiger partial charge in [0.25, 0.3) is 0 Å². The van der Waals surface area contributed by atoms with E-state index in [9.17, 15) is 8.42 Å². The molecule has 0 aliphatic carbocycles. The standard InChI is InChI=1S/C16H17N3O3S/c1-2-22-15-8-3-4-9-16(15)23(20,21)17-12-13-11-14-7-5-6-10-19(14)18-13/h3-11,17H,2,12H2,1H3. The number of hydrogen-bond acceptors (Lipinski definition) is 4. The summed E-state index contributed by atoms with van der Waals surface area (Å²) < 4.78 is 34.6. The number of fused-ring (bicyclic) bond motifs is 1. The van der Waals surface area contributed by atoms with Crippen LogP contribution in [0.4, 0.5) is 0 Å². The van der Waals surface area contributed by atoms with E-state index in [1.807, 2.05) is 37.4 Å². The van der Waals surface area contributed by atoms with Gasteiger partial charge in [0.15, 0.2) is 0 Å². The van der Waals surface area contributed by atoms with Crippen LogP contribution in [-0.4, -0.2) is 24.6 Å². The second kappa shape index (κ2) is 6.39. The number of nitrogens with one attached hydrogen (secondary N) is 1. The van der Waals surface area contributed by atoms with Crippen LogP contribution in [-0.2, 0) is 16.6 Å². The van der Waals surface area contributed by atoms with Crippen LogP contribution in [0.2, 0.25) is 0 Å². The molecule has 0 saturated carbocycles. The van der Waals surface area contributed by atoms with Crippen LogP contribution in [0.1, 0.15) is 12.6 Å². The lowest BCUT2D eigenvalue weighted by Gasteiger charge is -2.10. The number of nitrogens with zero attached hydrogens (tertiary/aromatic N) is 2. The minimum atomic E-state index is -3.67. The molecule has 0 unspecified atom stereocenters. The number of pyridine rings is 1. The third-order valence-corrected chi connectivity index (χ3v) is 4.74. The van der Waals surface area contributed by atoms with Gasteiger partial charge in [-0.3, -0.25) is 0 Å². The number of benzene rings is 1. The average Bonchev–Trinajstić information content (AvgIpc) is 2.97. The Labute approximate surface area is 134 Å². The first-order valence-electron chi connectivity index (χ1n) is 7.25. The largest absolute Gasteiger partial charge is 0.492 e. The van der Waals surface area contributed by atoms with Gasteiger partial charge in [0.1, 0.15) is 10.6 Å². The maximum absolute atomic E-state index is 12.5. The predicted octanol–water partition coefficient (Wildman–Crippen LogP) is 2.21. The third-order valence-electron chi connectivity index (χ3n) is 3.30. The van der Waals surface area contributed by atoms with Gasteiger partial charge in [-0.25, -0.2) is 17.7 Å². The van der Waals surface area contributed by atoms with E-state index in [1.165, 1.54) is 6.07 Å². The molecule has 120 valence electrons. The monoisotopic (exact) mass is 331 g/mol. The first-order valence-corrected chi connectivity index (χ1v) is 8.73. The molecular weight excluding hydrogens is 314 g/mol. The molecule has 0 spiro atoms. The van der Waals surface area contributed by atoms with Crippen molar-refractivity contribution in [3.63, 3.8) is 0 Å². The van der Waals surface area contributed by atoms with Crippen molar-refractivity contribution in [3.05, 3.63) is 60.4 Å². The maximum Gasteiger partial charge on any atom is 0.244 e. The molecule has 0 aliphatic rings. The minimum Gasteiger partial charge on any atom is -0.492 e. The van der Waals surface area contributed by atoms with Gasteiger partial charge in [0.05, 0.1) is 24.4 Å². The van der Waals surface area contributed by atoms with E-state index in [0.717, 1.165) is 5.52 Å². The second-order valence-corrected chi connectivity index (χ2v) is 6.65. The summed E-state index contributed by atoms with van der Waals surface area (Å²) in [5, 5.41) is 4.33. The summed E-state index contributed by atoms with van der Waals surface area (Å²) in [5.74, 6) is 0.345. The lowest BCUT2D eigenvalue weighted by atomic mass is 10.3. The van der Waals surface area contributed by atoms with Gasteiger partial charge in [-0.1, -0.05) is 18.2 Å². The fourth-order valence-electron chi connectivity index (χ4n) is 2.27. The molecule has 2 heterocycles. The third kappa shape index (κ3) is 3.35. The summed E-state index contributed by atoms with van der Waals surface area (Å²) in [4.78, 5) is 0.130. The molecule has 3 rings (SSSR count). The van der Waals surface area contributed by atoms with Crippen LogP contribution in [0.3, 0.4) is 0 Å². The molecule has 2 aromatic heterocycles. The van der Waals surface area contributed by atoms with Crippen molar-refractivity contribution in [2.24, 2.45) is 0 Å². The van der Waals surface area contributed by atoms with E-state index >= 15 is 0 Å². The van der Waals surface area contributed by atoms with Gasteiger partial charge in [-0.05, 0) is 37.3 Å². The smallest absolute Gasteiger partial charge is 0.244 e. The summed E-state index contributed by atoms with van der Waals surface area (Å²) in [5.41, 5.74) is 1.56. The summed E-state index contributed by atoms with van der Waals surface area (Å²) >= 11 is 0. The van der Waals surface area contributed by atoms with Crippen molar-refractivity contribution in [2.45, 2.75) is 18.4 Å². The lowest BCUT2D eigenvalue weighted by Crippen LogP contribution is -2.24. The molecule has 0 aliphatic heterocycles. The molecule has 6 nitrogen and oxygen atoms in total. The Morgan fingerprint density at radius 3 is 2.74 bits per heavy atom. The van der Waals surface area contributed by atoms with Crippen LogP contribution in [0.25, 0.3) is 5.52 Å². The van der Waals surface area contributed by atoms with Gasteiger partial charge < -0.3 is 4.74 Å². The highest BCUT2D eigenvalue weighted by Gasteiger charge is 2.19. The highest BCUT2D eigenvalue weighted by molar-refractivity contribution is 7.89. The van der Waals surface area contributed by atoms with E-state index < -0.39 is 10.0 Å². The minimum absolute atomic E-state index is 0.116. The number of para-hydroxylation sites is 1. The molecule has 23 heavy (non-hydrogen) atoms. The summed E-state index contributed by atoms with van der Waals surface area (Å²) in [6, 6.07) is 14.1. The Hall–Kier alpha value is -2.38. The van der Waals surface area contributed by atoms with Gasteiger partial charge in [-0.15, -0.1) is 0 Å². The Balaban J connectivity index is 1.81. The zero-order chi connectivity index (χ0) is 16.3. The molecule has 0 amide bonds. The fourth-order valence-corrected chi connectivity index (χ4v) is 3.41. The normalized spacial score (nSPS) is 11.7. The summed E-state index contributed by atoms with van der Waals surface area (Å²) in [7, 11) is -3.67. The van der Waals surface area contributed by atoms with Crippen LogP contribution < -0.4 is 9.46 Å². The molecule has 0 atom stereocenters. The molecule has 0 fully saturated rings. The number of rotatable bonds is 6. The quantitative estimate of drug-likeness (QED) is 0.752. The first kappa shape index (κ1) is 15.5. The first-order chi connectivity index (χ1) is 11.1. The number of aromatic nitrogens is 2. The molecule has 0 radical (unpaired) electrons. The van der Waals surface area contributed by atoms with Gasteiger partial charge in [0.2, 0.25) is 10.0 Å². The average molecular weight is 331 g/mol. The zero-order valence-corrected chi connectivity index (χ0v) is 13.5. The van der Waals surface area contributed by atoms with E-state index in [4.69, 9.17) is 4.74 Å². The predicted molar refractivity (Wildman–Crippen MR) is 86.8 cm³/mol. The zero-order valence-electron chi connectivity index (χ0n) is 12.6. The summed E-state index contributed by atoms with van der Waals surface area (Å²) in [6.07, 6.45) is 1.82. The van der Waals surface area contributed by atoms with Crippen molar-refractivity contribution in [3.8, 4) is 5.75 Å². The molecule has 7 heteroatoms. The van der Waals surface area contributed by atoms with Crippen LogP contribution in [0.5, 0.6) is 5.75 Å². The second-order valence-electron chi connectivity index (χ2n) is 4.91. The molecule has 3 aromatic rings. The Morgan fingerprint density at radius 1 is 1.17 bits per heavy atom. The highest BCUT2D eigenvalue weighted by atomic mass is 32.2. The Kier molecular flexibility index (Phi) is 4.31. The van der Waals surface area contributed by atoms with E-state index in [-0.39, 0.29) is 11.4 Å². The Morgan fingerprint density at radius 2 is 1.96 bits per heavy atom. The van der Waals surface area contributed by atoms with Crippen molar-refractivity contribution in [1.82, 2.24) is 14.3 Å². The molecule has 1 aromatic carbocycles. The fraction of sp³-hybridized carbons (Fsp3) is 0.188. The van der Waals surface area contributed by atoms with E-state index in [2.05, 4.69) is 9.82 Å². The van der Waals surface area contributed by atoms with Crippen molar-refractivity contribution in [1.29, 1.82) is 0 Å². The lowest BCUT2D eigenvalue weighted by molar-refractivity contribution is 0.331. The summed E-state index contributed by atoms with van der Waals surface area (Å²) in [6.45, 7) is 2.33. The number of hydrogen-bond donors (Lipinski definition) is 1. The SMILES string of the molecule is CCOc1ccccc1S(=O)(=O)NCc1cc2ccccn2n1. The van der Waals surface area contributed by atoms with Crippen LogP contribution in [0.15, 0.2) is 59.6 Å².